The number of hydrogen-bond donors (Lipinski definition) is 2. The number of nitrogens with one attached hydrogen (secondary N) is 1. The SMILES string of the molecule is NC(=O)/C=C\Nc1ccc(SC(F)(F)F)cc1. The summed E-state index contributed by atoms with van der Waals surface area (Å²) in [6, 6.07) is 5.61. The smallest absolute Gasteiger partial charge is 0.366 e. The molecular formula is C10H9F3N2OS. The van der Waals surface area contributed by atoms with Gasteiger partial charge >= 0.3 is 5.51 Å². The summed E-state index contributed by atoms with van der Waals surface area (Å²) in [5.74, 6) is -0.609. The molecule has 0 atom stereocenters. The van der Waals surface area contributed by atoms with Gasteiger partial charge in [0.1, 0.15) is 0 Å². The first-order valence-electron chi connectivity index (χ1n) is 4.45. The lowest BCUT2D eigenvalue weighted by Crippen LogP contribution is -2.06. The Kier molecular flexibility index (Phi) is 4.45. The van der Waals surface area contributed by atoms with Crippen molar-refractivity contribution >= 4 is 23.4 Å². The van der Waals surface area contributed by atoms with E-state index in [0.29, 0.717) is 5.69 Å². The predicted octanol–water partition coefficient (Wildman–Crippen LogP) is 2.71. The third-order valence-corrected chi connectivity index (χ3v) is 2.32. The Hall–Kier alpha value is -1.63. The number of nitrogens with two attached hydrogens (primary N) is 1. The number of carbonyl (C=O) groups excluding carboxylic acids is 1. The summed E-state index contributed by atoms with van der Waals surface area (Å²) in [5, 5.41) is 2.69. The Morgan fingerprint density at radius 1 is 1.29 bits per heavy atom. The third kappa shape index (κ3) is 5.86. The summed E-state index contributed by atoms with van der Waals surface area (Å²) in [4.78, 5) is 10.5. The molecule has 3 nitrogen and oxygen atoms in total. The number of hydrogen-bond acceptors (Lipinski definition) is 3. The second-order valence-electron chi connectivity index (χ2n) is 2.95. The molecule has 1 aromatic carbocycles. The lowest BCUT2D eigenvalue weighted by atomic mass is 10.3. The molecule has 0 saturated carbocycles. The van der Waals surface area contributed by atoms with E-state index in [1.807, 2.05) is 0 Å². The van der Waals surface area contributed by atoms with E-state index >= 15 is 0 Å². The number of alkyl halides is 3. The minimum atomic E-state index is -4.29. The van der Waals surface area contributed by atoms with Gasteiger partial charge in [-0.2, -0.15) is 13.2 Å². The van der Waals surface area contributed by atoms with Crippen LogP contribution in [-0.2, 0) is 4.79 Å². The molecule has 0 radical (unpaired) electrons. The van der Waals surface area contributed by atoms with Gasteiger partial charge in [-0.05, 0) is 36.0 Å². The van der Waals surface area contributed by atoms with Gasteiger partial charge in [-0.25, -0.2) is 0 Å². The molecule has 7 heteroatoms. The van der Waals surface area contributed by atoms with Crippen LogP contribution in [0.2, 0.25) is 0 Å². The molecule has 17 heavy (non-hydrogen) atoms. The molecule has 3 N–H and O–H groups in total. The highest BCUT2D eigenvalue weighted by Crippen LogP contribution is 2.36. The largest absolute Gasteiger partial charge is 0.446 e. The van der Waals surface area contributed by atoms with Crippen molar-refractivity contribution in [3.8, 4) is 0 Å². The van der Waals surface area contributed by atoms with Crippen molar-refractivity contribution in [1.29, 1.82) is 0 Å². The molecule has 0 heterocycles. The van der Waals surface area contributed by atoms with E-state index in [1.165, 1.54) is 30.5 Å². The highest BCUT2D eigenvalue weighted by Gasteiger charge is 2.28. The molecule has 0 aliphatic carbocycles. The van der Waals surface area contributed by atoms with Crippen LogP contribution >= 0.6 is 11.8 Å². The molecule has 0 spiro atoms. The van der Waals surface area contributed by atoms with Crippen molar-refractivity contribution < 1.29 is 18.0 Å². The summed E-state index contributed by atoms with van der Waals surface area (Å²) >= 11 is -0.182. The van der Waals surface area contributed by atoms with Gasteiger partial charge in [-0.3, -0.25) is 4.79 Å². The number of halogens is 3. The highest BCUT2D eigenvalue weighted by molar-refractivity contribution is 8.00. The molecule has 0 aliphatic heterocycles. The van der Waals surface area contributed by atoms with Gasteiger partial charge in [0, 0.05) is 22.9 Å². The Morgan fingerprint density at radius 2 is 1.88 bits per heavy atom. The normalized spacial score (nSPS) is 11.7. The number of thioether (sulfide) groups is 1. The van der Waals surface area contributed by atoms with Crippen molar-refractivity contribution in [2.75, 3.05) is 5.32 Å². The van der Waals surface area contributed by atoms with E-state index in [9.17, 15) is 18.0 Å². The van der Waals surface area contributed by atoms with Crippen LogP contribution in [-0.4, -0.2) is 11.4 Å². The molecular weight excluding hydrogens is 253 g/mol. The van der Waals surface area contributed by atoms with Gasteiger partial charge in [-0.1, -0.05) is 0 Å². The van der Waals surface area contributed by atoms with Crippen LogP contribution in [0.5, 0.6) is 0 Å². The van der Waals surface area contributed by atoms with Crippen LogP contribution in [0.1, 0.15) is 0 Å². The number of primary amides is 1. The molecule has 0 aromatic heterocycles. The zero-order valence-electron chi connectivity index (χ0n) is 8.49. The Bertz CT molecular complexity index is 415. The lowest BCUT2D eigenvalue weighted by molar-refractivity contribution is -0.113. The van der Waals surface area contributed by atoms with E-state index < -0.39 is 11.4 Å². The maximum Gasteiger partial charge on any atom is 0.446 e. The summed E-state index contributed by atoms with van der Waals surface area (Å²) in [5.41, 5.74) is 1.13. The first-order chi connectivity index (χ1) is 7.87. The maximum atomic E-state index is 12.0. The molecule has 1 aromatic rings. The van der Waals surface area contributed by atoms with Crippen molar-refractivity contribution in [2.45, 2.75) is 10.4 Å². The predicted molar refractivity (Wildman–Crippen MR) is 60.3 cm³/mol. The Labute approximate surface area is 99.9 Å². The summed E-state index contributed by atoms with van der Waals surface area (Å²) in [6.45, 7) is 0. The van der Waals surface area contributed by atoms with Crippen LogP contribution < -0.4 is 11.1 Å². The molecule has 92 valence electrons. The molecule has 1 amide bonds. The maximum absolute atomic E-state index is 12.0. The van der Waals surface area contributed by atoms with Crippen LogP contribution in [0.15, 0.2) is 41.4 Å². The summed E-state index contributed by atoms with van der Waals surface area (Å²) < 4.78 is 36.1. The van der Waals surface area contributed by atoms with Crippen LogP contribution in [0.3, 0.4) is 0 Å². The van der Waals surface area contributed by atoms with Crippen LogP contribution in [0, 0.1) is 0 Å². The quantitative estimate of drug-likeness (QED) is 0.648. The van der Waals surface area contributed by atoms with Crippen LogP contribution in [0.4, 0.5) is 18.9 Å². The van der Waals surface area contributed by atoms with E-state index in [0.717, 1.165) is 6.08 Å². The number of amides is 1. The summed E-state index contributed by atoms with van der Waals surface area (Å²) in [7, 11) is 0. The first-order valence-corrected chi connectivity index (χ1v) is 5.27. The zero-order valence-corrected chi connectivity index (χ0v) is 9.31. The van der Waals surface area contributed by atoms with E-state index in [1.54, 1.807) is 0 Å². The van der Waals surface area contributed by atoms with Gasteiger partial charge in [-0.15, -0.1) is 0 Å². The average Bonchev–Trinajstić information content (AvgIpc) is 2.18. The molecule has 1 rings (SSSR count). The van der Waals surface area contributed by atoms with E-state index in [4.69, 9.17) is 5.73 Å². The fraction of sp³-hybridized carbons (Fsp3) is 0.100. The second-order valence-corrected chi connectivity index (χ2v) is 4.09. The van der Waals surface area contributed by atoms with Crippen LogP contribution in [0.25, 0.3) is 0 Å². The fourth-order valence-electron chi connectivity index (χ4n) is 0.973. The zero-order chi connectivity index (χ0) is 12.9. The third-order valence-electron chi connectivity index (χ3n) is 1.59. The van der Waals surface area contributed by atoms with Crippen molar-refractivity contribution in [2.24, 2.45) is 5.73 Å². The van der Waals surface area contributed by atoms with E-state index in [2.05, 4.69) is 5.32 Å². The van der Waals surface area contributed by atoms with Crippen molar-refractivity contribution in [3.63, 3.8) is 0 Å². The van der Waals surface area contributed by atoms with E-state index in [-0.39, 0.29) is 16.7 Å². The van der Waals surface area contributed by atoms with Gasteiger partial charge in [0.15, 0.2) is 0 Å². The Morgan fingerprint density at radius 3 is 2.35 bits per heavy atom. The van der Waals surface area contributed by atoms with Gasteiger partial charge in [0.25, 0.3) is 0 Å². The number of rotatable bonds is 4. The standard InChI is InChI=1S/C10H9F3N2OS/c11-10(12,13)17-8-3-1-7(2-4-8)15-6-5-9(14)16/h1-6,15H,(H2,14,16)/b6-5-. The molecule has 0 bridgehead atoms. The molecule has 0 unspecified atom stereocenters. The van der Waals surface area contributed by atoms with Crippen molar-refractivity contribution in [3.05, 3.63) is 36.5 Å². The highest BCUT2D eigenvalue weighted by atomic mass is 32.2. The molecule has 0 aliphatic rings. The van der Waals surface area contributed by atoms with Crippen molar-refractivity contribution in [1.82, 2.24) is 0 Å². The van der Waals surface area contributed by atoms with Gasteiger partial charge in [0.2, 0.25) is 5.91 Å². The number of benzene rings is 1. The molecule has 0 saturated heterocycles. The lowest BCUT2D eigenvalue weighted by Gasteiger charge is -2.06. The minimum absolute atomic E-state index is 0.0990. The first kappa shape index (κ1) is 13.4. The minimum Gasteiger partial charge on any atom is -0.366 e. The number of anilines is 1. The monoisotopic (exact) mass is 262 g/mol. The Balaban J connectivity index is 2.59. The van der Waals surface area contributed by atoms with Gasteiger partial charge in [0.05, 0.1) is 0 Å². The fourth-order valence-corrected chi connectivity index (χ4v) is 1.51. The topological polar surface area (TPSA) is 55.1 Å². The average molecular weight is 262 g/mol. The van der Waals surface area contributed by atoms with Gasteiger partial charge < -0.3 is 11.1 Å². The molecule has 0 fully saturated rings. The summed E-state index contributed by atoms with van der Waals surface area (Å²) in [6.07, 6.45) is 2.42. The second kappa shape index (κ2) is 5.62. The number of carbonyl (C=O) groups is 1.